The average molecular weight is 294 g/mol. The molecular weight excluding hydrogens is 282 g/mol. The summed E-state index contributed by atoms with van der Waals surface area (Å²) in [5.41, 5.74) is 6.12. The third-order valence-corrected chi connectivity index (χ3v) is 4.48. The van der Waals surface area contributed by atoms with Crippen LogP contribution in [0.5, 0.6) is 0 Å². The minimum absolute atomic E-state index is 0.459. The maximum atomic E-state index is 11.5. The Labute approximate surface area is 119 Å². The van der Waals surface area contributed by atoms with Crippen LogP contribution < -0.4 is 11.1 Å². The van der Waals surface area contributed by atoms with Gasteiger partial charge in [0, 0.05) is 5.92 Å². The van der Waals surface area contributed by atoms with Crippen molar-refractivity contribution >= 4 is 40.4 Å². The third kappa shape index (κ3) is 2.57. The van der Waals surface area contributed by atoms with Crippen LogP contribution >= 0.6 is 22.9 Å². The number of carbonyl (C=O) groups excluding carboxylic acids is 1. The van der Waals surface area contributed by atoms with Gasteiger partial charge in [0.25, 0.3) is 5.91 Å². The predicted octanol–water partition coefficient (Wildman–Crippen LogP) is 3.52. The number of aromatic nitrogens is 1. The average Bonchev–Trinajstić information content (AvgIpc) is 3.14. The molecule has 1 aliphatic carbocycles. The Bertz CT molecular complexity index is 637. The number of nitrogens with two attached hydrogens (primary N) is 1. The van der Waals surface area contributed by atoms with Crippen LogP contribution in [0.3, 0.4) is 0 Å². The van der Waals surface area contributed by atoms with E-state index in [0.717, 1.165) is 23.5 Å². The van der Waals surface area contributed by atoms with Crippen LogP contribution in [0.25, 0.3) is 0 Å². The summed E-state index contributed by atoms with van der Waals surface area (Å²) in [6, 6.07) is 7.33. The molecule has 1 fully saturated rings. The lowest BCUT2D eigenvalue weighted by atomic mass is 10.3. The molecule has 1 saturated carbocycles. The van der Waals surface area contributed by atoms with Crippen LogP contribution in [-0.2, 0) is 0 Å². The van der Waals surface area contributed by atoms with Crippen LogP contribution in [-0.4, -0.2) is 10.9 Å². The zero-order chi connectivity index (χ0) is 13.4. The number of nitrogens with zero attached hydrogens (tertiary/aromatic N) is 1. The Morgan fingerprint density at radius 1 is 1.42 bits per heavy atom. The number of benzene rings is 1. The summed E-state index contributed by atoms with van der Waals surface area (Å²) in [5, 5.41) is 4.65. The number of rotatable bonds is 4. The van der Waals surface area contributed by atoms with Gasteiger partial charge in [0.1, 0.15) is 4.88 Å². The Balaban J connectivity index is 1.95. The fourth-order valence-corrected chi connectivity index (χ4v) is 3.01. The quantitative estimate of drug-likeness (QED) is 0.906. The molecule has 0 bridgehead atoms. The maximum absolute atomic E-state index is 11.5. The van der Waals surface area contributed by atoms with Crippen LogP contribution in [0.2, 0.25) is 5.02 Å². The van der Waals surface area contributed by atoms with Crippen molar-refractivity contribution in [1.29, 1.82) is 0 Å². The van der Waals surface area contributed by atoms with E-state index in [1.807, 2.05) is 18.2 Å². The molecule has 0 radical (unpaired) electrons. The van der Waals surface area contributed by atoms with E-state index in [9.17, 15) is 4.79 Å². The molecule has 3 N–H and O–H groups in total. The highest BCUT2D eigenvalue weighted by molar-refractivity contribution is 7.14. The minimum Gasteiger partial charge on any atom is -0.365 e. The molecule has 19 heavy (non-hydrogen) atoms. The molecule has 2 aromatic rings. The van der Waals surface area contributed by atoms with E-state index in [-0.39, 0.29) is 0 Å². The van der Waals surface area contributed by atoms with Gasteiger partial charge in [0.2, 0.25) is 0 Å². The third-order valence-electron chi connectivity index (χ3n) is 2.92. The minimum atomic E-state index is -0.459. The lowest BCUT2D eigenvalue weighted by Crippen LogP contribution is -2.11. The van der Waals surface area contributed by atoms with Crippen molar-refractivity contribution in [2.24, 2.45) is 5.73 Å². The normalized spacial score (nSPS) is 14.4. The van der Waals surface area contributed by atoms with Crippen molar-refractivity contribution in [3.63, 3.8) is 0 Å². The van der Waals surface area contributed by atoms with Crippen molar-refractivity contribution in [2.45, 2.75) is 18.8 Å². The summed E-state index contributed by atoms with van der Waals surface area (Å²) in [7, 11) is 0. The number of primary amides is 1. The van der Waals surface area contributed by atoms with Gasteiger partial charge >= 0.3 is 0 Å². The first-order chi connectivity index (χ1) is 9.15. The highest BCUT2D eigenvalue weighted by Gasteiger charge is 2.29. The number of anilines is 2. The maximum Gasteiger partial charge on any atom is 0.262 e. The van der Waals surface area contributed by atoms with Crippen molar-refractivity contribution < 1.29 is 4.79 Å². The number of thiazole rings is 1. The largest absolute Gasteiger partial charge is 0.365 e. The molecule has 0 saturated heterocycles. The van der Waals surface area contributed by atoms with E-state index < -0.39 is 5.91 Å². The summed E-state index contributed by atoms with van der Waals surface area (Å²) in [6.45, 7) is 0. The Morgan fingerprint density at radius 2 is 2.16 bits per heavy atom. The Kier molecular flexibility index (Phi) is 3.16. The predicted molar refractivity (Wildman–Crippen MR) is 77.3 cm³/mol. The summed E-state index contributed by atoms with van der Waals surface area (Å²) in [5.74, 6) is 0.538. The lowest BCUT2D eigenvalue weighted by Gasteiger charge is -2.06. The van der Waals surface area contributed by atoms with Gasteiger partial charge in [0.05, 0.1) is 15.7 Å². The van der Waals surface area contributed by atoms with Crippen LogP contribution in [0.15, 0.2) is 24.3 Å². The van der Waals surface area contributed by atoms with E-state index >= 15 is 0 Å². The number of para-hydroxylation sites is 1. The monoisotopic (exact) mass is 293 g/mol. The molecule has 0 atom stereocenters. The fraction of sp³-hybridized carbons (Fsp3) is 0.231. The van der Waals surface area contributed by atoms with Gasteiger partial charge in [-0.25, -0.2) is 4.98 Å². The smallest absolute Gasteiger partial charge is 0.262 e. The lowest BCUT2D eigenvalue weighted by molar-refractivity contribution is 0.100. The van der Waals surface area contributed by atoms with Gasteiger partial charge in [-0.1, -0.05) is 23.7 Å². The molecule has 0 aliphatic heterocycles. The summed E-state index contributed by atoms with van der Waals surface area (Å²) in [4.78, 5) is 16.4. The number of hydrogen-bond donors (Lipinski definition) is 2. The number of carbonyl (C=O) groups is 1. The zero-order valence-corrected chi connectivity index (χ0v) is 11.6. The van der Waals surface area contributed by atoms with Crippen molar-refractivity contribution in [3.05, 3.63) is 39.2 Å². The summed E-state index contributed by atoms with van der Waals surface area (Å²) < 4.78 is 0. The highest BCUT2D eigenvalue weighted by Crippen LogP contribution is 2.44. The van der Waals surface area contributed by atoms with Gasteiger partial charge < -0.3 is 11.1 Å². The van der Waals surface area contributed by atoms with Gasteiger partial charge in [-0.15, -0.1) is 11.3 Å². The first-order valence-corrected chi connectivity index (χ1v) is 7.16. The first-order valence-electron chi connectivity index (χ1n) is 5.97. The number of nitrogens with one attached hydrogen (secondary N) is 1. The molecule has 1 heterocycles. The number of halogens is 1. The standard InChI is InChI=1S/C13H12ClN3OS/c14-8-3-1-2-4-9(8)16-12-10(11(15)18)19-13(17-12)7-5-6-7/h1-4,7,16H,5-6H2,(H2,15,18). The second-order valence-electron chi connectivity index (χ2n) is 4.47. The van der Waals surface area contributed by atoms with Crippen molar-refractivity contribution in [3.8, 4) is 0 Å². The van der Waals surface area contributed by atoms with E-state index in [4.69, 9.17) is 17.3 Å². The highest BCUT2D eigenvalue weighted by atomic mass is 35.5. The van der Waals surface area contributed by atoms with Gasteiger partial charge in [0.15, 0.2) is 5.82 Å². The molecule has 1 amide bonds. The van der Waals surface area contributed by atoms with Crippen LogP contribution in [0.1, 0.15) is 33.4 Å². The Morgan fingerprint density at radius 3 is 2.79 bits per heavy atom. The zero-order valence-electron chi connectivity index (χ0n) is 10.0. The molecule has 3 rings (SSSR count). The molecule has 98 valence electrons. The van der Waals surface area contributed by atoms with E-state index in [0.29, 0.717) is 21.6 Å². The van der Waals surface area contributed by atoms with Crippen LogP contribution in [0.4, 0.5) is 11.5 Å². The van der Waals surface area contributed by atoms with Crippen molar-refractivity contribution in [2.75, 3.05) is 5.32 Å². The van der Waals surface area contributed by atoms with Gasteiger partial charge in [-0.3, -0.25) is 4.79 Å². The Hall–Kier alpha value is -1.59. The molecule has 6 heteroatoms. The first kappa shape index (κ1) is 12.4. The summed E-state index contributed by atoms with van der Waals surface area (Å²) >= 11 is 7.46. The number of amides is 1. The van der Waals surface area contributed by atoms with Crippen molar-refractivity contribution in [1.82, 2.24) is 4.98 Å². The molecule has 1 aliphatic rings. The molecule has 1 aromatic carbocycles. The molecule has 4 nitrogen and oxygen atoms in total. The van der Waals surface area contributed by atoms with E-state index in [1.54, 1.807) is 6.07 Å². The van der Waals surface area contributed by atoms with Crippen LogP contribution in [0, 0.1) is 0 Å². The second-order valence-corrected chi connectivity index (χ2v) is 5.91. The molecular formula is C13H12ClN3OS. The summed E-state index contributed by atoms with van der Waals surface area (Å²) in [6.07, 6.45) is 2.27. The van der Waals surface area contributed by atoms with Gasteiger partial charge in [-0.2, -0.15) is 0 Å². The molecule has 0 spiro atoms. The fourth-order valence-electron chi connectivity index (χ4n) is 1.78. The number of hydrogen-bond acceptors (Lipinski definition) is 4. The molecule has 1 aromatic heterocycles. The van der Waals surface area contributed by atoms with E-state index in [1.165, 1.54) is 11.3 Å². The SMILES string of the molecule is NC(=O)c1sc(C2CC2)nc1Nc1ccccc1Cl. The topological polar surface area (TPSA) is 68.0 Å². The van der Waals surface area contributed by atoms with Gasteiger partial charge in [-0.05, 0) is 25.0 Å². The second kappa shape index (κ2) is 4.83. The molecule has 0 unspecified atom stereocenters. The van der Waals surface area contributed by atoms with E-state index in [2.05, 4.69) is 10.3 Å².